The smallest absolute Gasteiger partial charge is 0.311 e. The molecule has 0 unspecified atom stereocenters. The maximum Gasteiger partial charge on any atom is 0.311 e. The van der Waals surface area contributed by atoms with Crippen LogP contribution in [-0.4, -0.2) is 35.1 Å². The molecule has 1 aromatic rings. The molecule has 0 bridgehead atoms. The predicted molar refractivity (Wildman–Crippen MR) is 70.9 cm³/mol. The number of rotatable bonds is 7. The lowest BCUT2D eigenvalue weighted by atomic mass is 10.1. The second kappa shape index (κ2) is 5.78. The largest absolute Gasteiger partial charge is 0.481 e. The lowest BCUT2D eigenvalue weighted by molar-refractivity contribution is -0.385. The Kier molecular flexibility index (Phi) is 4.06. The van der Waals surface area contributed by atoms with Crippen LogP contribution in [-0.2, 0) is 9.59 Å². The Morgan fingerprint density at radius 3 is 2.62 bits per heavy atom. The van der Waals surface area contributed by atoms with E-state index in [2.05, 4.69) is 5.32 Å². The molecule has 2 rings (SSSR count). The Morgan fingerprint density at radius 1 is 1.38 bits per heavy atom. The van der Waals surface area contributed by atoms with Gasteiger partial charge >= 0.3 is 11.7 Å². The zero-order valence-corrected chi connectivity index (χ0v) is 11.1. The first-order valence-corrected chi connectivity index (χ1v) is 6.31. The van der Waals surface area contributed by atoms with E-state index in [4.69, 9.17) is 9.84 Å². The first-order chi connectivity index (χ1) is 9.94. The zero-order valence-electron chi connectivity index (χ0n) is 11.1. The van der Waals surface area contributed by atoms with E-state index in [9.17, 15) is 19.7 Å². The molecule has 1 aromatic carbocycles. The highest BCUT2D eigenvalue weighted by Gasteiger charge is 2.50. The number of hydrogen-bond donors (Lipinski definition) is 2. The highest BCUT2D eigenvalue weighted by atomic mass is 16.6. The molecule has 0 radical (unpaired) electrons. The van der Waals surface area contributed by atoms with Crippen LogP contribution in [0.1, 0.15) is 12.8 Å². The van der Waals surface area contributed by atoms with Crippen LogP contribution in [0.5, 0.6) is 5.75 Å². The summed E-state index contributed by atoms with van der Waals surface area (Å²) < 4.78 is 5.11. The number of para-hydroxylation sites is 2. The molecular formula is C13H14N2O6. The first kappa shape index (κ1) is 14.8. The summed E-state index contributed by atoms with van der Waals surface area (Å²) in [6, 6.07) is 5.72. The van der Waals surface area contributed by atoms with E-state index in [-0.39, 0.29) is 18.0 Å². The van der Waals surface area contributed by atoms with E-state index in [0.29, 0.717) is 12.8 Å². The molecule has 21 heavy (non-hydrogen) atoms. The van der Waals surface area contributed by atoms with E-state index < -0.39 is 28.8 Å². The Labute approximate surface area is 119 Å². The summed E-state index contributed by atoms with van der Waals surface area (Å²) in [5.74, 6) is -1.44. The van der Waals surface area contributed by atoms with Crippen LogP contribution in [0.4, 0.5) is 5.69 Å². The molecule has 8 nitrogen and oxygen atoms in total. The van der Waals surface area contributed by atoms with Gasteiger partial charge in [-0.05, 0) is 18.9 Å². The van der Waals surface area contributed by atoms with Gasteiger partial charge in [-0.3, -0.25) is 19.7 Å². The summed E-state index contributed by atoms with van der Waals surface area (Å²) in [5, 5.41) is 22.2. The number of amides is 1. The molecule has 0 aliphatic heterocycles. The van der Waals surface area contributed by atoms with E-state index in [0.717, 1.165) is 0 Å². The van der Waals surface area contributed by atoms with Crippen molar-refractivity contribution in [2.75, 3.05) is 13.2 Å². The summed E-state index contributed by atoms with van der Waals surface area (Å²) in [7, 11) is 0. The van der Waals surface area contributed by atoms with Crippen LogP contribution < -0.4 is 10.1 Å². The average Bonchev–Trinajstić information content (AvgIpc) is 3.24. The van der Waals surface area contributed by atoms with Gasteiger partial charge in [-0.1, -0.05) is 12.1 Å². The van der Waals surface area contributed by atoms with E-state index in [1.807, 2.05) is 0 Å². The van der Waals surface area contributed by atoms with Crippen molar-refractivity contribution in [2.24, 2.45) is 5.41 Å². The van der Waals surface area contributed by atoms with Crippen molar-refractivity contribution in [1.82, 2.24) is 5.32 Å². The molecule has 1 saturated carbocycles. The third kappa shape index (κ3) is 3.47. The third-order valence-corrected chi connectivity index (χ3v) is 3.35. The Morgan fingerprint density at radius 2 is 2.05 bits per heavy atom. The van der Waals surface area contributed by atoms with Crippen molar-refractivity contribution in [1.29, 1.82) is 0 Å². The number of hydrogen-bond acceptors (Lipinski definition) is 5. The second-order valence-electron chi connectivity index (χ2n) is 4.88. The SMILES string of the molecule is O=C(COc1ccccc1[N+](=O)[O-])NCC1(C(=O)O)CC1. The summed E-state index contributed by atoms with van der Waals surface area (Å²) >= 11 is 0. The number of carboxylic acids is 1. The van der Waals surface area contributed by atoms with Crippen molar-refractivity contribution in [3.63, 3.8) is 0 Å². The van der Waals surface area contributed by atoms with Crippen LogP contribution in [0.3, 0.4) is 0 Å². The number of ether oxygens (including phenoxy) is 1. The quantitative estimate of drug-likeness (QED) is 0.571. The van der Waals surface area contributed by atoms with Gasteiger partial charge in [0.2, 0.25) is 0 Å². The van der Waals surface area contributed by atoms with Gasteiger partial charge in [0, 0.05) is 12.6 Å². The molecular weight excluding hydrogens is 280 g/mol. The molecule has 0 heterocycles. The number of carboxylic acid groups (broad SMARTS) is 1. The molecule has 1 aliphatic rings. The molecule has 1 amide bonds. The van der Waals surface area contributed by atoms with Crippen LogP contribution >= 0.6 is 0 Å². The van der Waals surface area contributed by atoms with E-state index >= 15 is 0 Å². The maximum absolute atomic E-state index is 11.6. The maximum atomic E-state index is 11.6. The van der Waals surface area contributed by atoms with Gasteiger partial charge in [0.15, 0.2) is 12.4 Å². The van der Waals surface area contributed by atoms with Gasteiger partial charge in [-0.15, -0.1) is 0 Å². The Balaban J connectivity index is 1.85. The normalized spacial score (nSPS) is 15.0. The summed E-state index contributed by atoms with van der Waals surface area (Å²) in [6.07, 6.45) is 1.07. The predicted octanol–water partition coefficient (Wildman–Crippen LogP) is 0.955. The number of nitro benzene ring substituents is 1. The van der Waals surface area contributed by atoms with Gasteiger partial charge in [0.25, 0.3) is 5.91 Å². The minimum Gasteiger partial charge on any atom is -0.481 e. The monoisotopic (exact) mass is 294 g/mol. The highest BCUT2D eigenvalue weighted by Crippen LogP contribution is 2.45. The molecule has 112 valence electrons. The summed E-state index contributed by atoms with van der Waals surface area (Å²) in [4.78, 5) is 32.7. The number of nitrogens with one attached hydrogen (secondary N) is 1. The van der Waals surface area contributed by atoms with Crippen LogP contribution in [0.2, 0.25) is 0 Å². The highest BCUT2D eigenvalue weighted by molar-refractivity contribution is 5.81. The van der Waals surface area contributed by atoms with Crippen molar-refractivity contribution in [3.05, 3.63) is 34.4 Å². The molecule has 1 fully saturated rings. The van der Waals surface area contributed by atoms with Crippen molar-refractivity contribution < 1.29 is 24.4 Å². The number of nitrogens with zero attached hydrogens (tertiary/aromatic N) is 1. The minimum atomic E-state index is -0.928. The number of benzene rings is 1. The molecule has 1 aliphatic carbocycles. The van der Waals surface area contributed by atoms with Gasteiger partial charge < -0.3 is 15.2 Å². The lowest BCUT2D eigenvalue weighted by Crippen LogP contribution is -2.36. The van der Waals surface area contributed by atoms with E-state index in [1.165, 1.54) is 18.2 Å². The van der Waals surface area contributed by atoms with Crippen LogP contribution in [0.25, 0.3) is 0 Å². The van der Waals surface area contributed by atoms with Gasteiger partial charge in [0.1, 0.15) is 0 Å². The number of carbonyl (C=O) groups is 2. The fourth-order valence-corrected chi connectivity index (χ4v) is 1.81. The zero-order chi connectivity index (χ0) is 15.5. The summed E-state index contributed by atoms with van der Waals surface area (Å²) in [5.41, 5.74) is -1.08. The molecule has 0 aromatic heterocycles. The average molecular weight is 294 g/mol. The standard InChI is InChI=1S/C13H14N2O6/c16-11(14-8-13(5-6-13)12(17)18)7-21-10-4-2-1-3-9(10)15(19)20/h1-4H,5-8H2,(H,14,16)(H,17,18). The molecule has 0 saturated heterocycles. The lowest BCUT2D eigenvalue weighted by Gasteiger charge is -2.11. The molecule has 2 N–H and O–H groups in total. The van der Waals surface area contributed by atoms with Crippen molar-refractivity contribution in [2.45, 2.75) is 12.8 Å². The molecule has 0 atom stereocenters. The number of aliphatic carboxylic acids is 1. The fourth-order valence-electron chi connectivity index (χ4n) is 1.81. The minimum absolute atomic E-state index is 0.00276. The van der Waals surface area contributed by atoms with Crippen molar-refractivity contribution in [3.8, 4) is 5.75 Å². The fraction of sp³-hybridized carbons (Fsp3) is 0.385. The number of nitro groups is 1. The number of carbonyl (C=O) groups excluding carboxylic acids is 1. The summed E-state index contributed by atoms with van der Waals surface area (Å²) in [6.45, 7) is -0.359. The third-order valence-electron chi connectivity index (χ3n) is 3.35. The van der Waals surface area contributed by atoms with Gasteiger partial charge in [0.05, 0.1) is 10.3 Å². The van der Waals surface area contributed by atoms with Crippen LogP contribution in [0.15, 0.2) is 24.3 Å². The Hall–Kier alpha value is -2.64. The van der Waals surface area contributed by atoms with Gasteiger partial charge in [-0.25, -0.2) is 0 Å². The molecule has 0 spiro atoms. The first-order valence-electron chi connectivity index (χ1n) is 6.31. The topological polar surface area (TPSA) is 119 Å². The van der Waals surface area contributed by atoms with Crippen molar-refractivity contribution >= 4 is 17.6 Å². The Bertz CT molecular complexity index is 582. The second-order valence-corrected chi connectivity index (χ2v) is 4.88. The van der Waals surface area contributed by atoms with E-state index in [1.54, 1.807) is 6.07 Å². The van der Waals surface area contributed by atoms with Crippen LogP contribution in [0, 0.1) is 15.5 Å². The molecule has 8 heteroatoms. The van der Waals surface area contributed by atoms with Gasteiger partial charge in [-0.2, -0.15) is 0 Å².